The first-order chi connectivity index (χ1) is 8.70. The first-order valence-corrected chi connectivity index (χ1v) is 6.08. The largest absolute Gasteiger partial charge is 0.316 e. The Kier molecular flexibility index (Phi) is 4.22. The molecule has 18 heavy (non-hydrogen) atoms. The molecule has 1 heterocycles. The minimum absolute atomic E-state index is 0.0599. The smallest absolute Gasteiger partial charge is 0.140 e. The standard InChI is InChI=1S/C12H11F2N3S/c1-15-6-8-4-9(13)12(10(14)5-8)18-11-7-16-2-3-17-11/h2-5,7,15H,6H2,1H3. The van der Waals surface area contributed by atoms with Crippen molar-refractivity contribution in [3.63, 3.8) is 0 Å². The van der Waals surface area contributed by atoms with Gasteiger partial charge in [0.15, 0.2) is 0 Å². The van der Waals surface area contributed by atoms with Crippen LogP contribution in [0.2, 0.25) is 0 Å². The summed E-state index contributed by atoms with van der Waals surface area (Å²) in [7, 11) is 1.72. The zero-order valence-electron chi connectivity index (χ0n) is 9.65. The van der Waals surface area contributed by atoms with Crippen LogP contribution in [0.1, 0.15) is 5.56 Å². The van der Waals surface area contributed by atoms with Crippen molar-refractivity contribution in [1.82, 2.24) is 15.3 Å². The quantitative estimate of drug-likeness (QED) is 0.924. The van der Waals surface area contributed by atoms with Gasteiger partial charge in [-0.25, -0.2) is 13.8 Å². The predicted molar refractivity (Wildman–Crippen MR) is 65.3 cm³/mol. The molecule has 0 atom stereocenters. The Hall–Kier alpha value is -1.53. The number of rotatable bonds is 4. The van der Waals surface area contributed by atoms with E-state index in [0.717, 1.165) is 11.8 Å². The van der Waals surface area contributed by atoms with E-state index >= 15 is 0 Å². The van der Waals surface area contributed by atoms with Crippen LogP contribution in [0.4, 0.5) is 8.78 Å². The molecular weight excluding hydrogens is 256 g/mol. The van der Waals surface area contributed by atoms with Crippen LogP contribution in [-0.2, 0) is 6.54 Å². The van der Waals surface area contributed by atoms with Crippen molar-refractivity contribution in [2.75, 3.05) is 7.05 Å². The van der Waals surface area contributed by atoms with Crippen LogP contribution in [0, 0.1) is 11.6 Å². The Morgan fingerprint density at radius 2 is 1.94 bits per heavy atom. The Morgan fingerprint density at radius 1 is 1.22 bits per heavy atom. The molecule has 1 N–H and O–H groups in total. The van der Waals surface area contributed by atoms with Crippen molar-refractivity contribution in [2.24, 2.45) is 0 Å². The molecule has 0 bridgehead atoms. The molecule has 0 spiro atoms. The van der Waals surface area contributed by atoms with E-state index in [2.05, 4.69) is 15.3 Å². The Labute approximate surface area is 108 Å². The SMILES string of the molecule is CNCc1cc(F)c(Sc2cnccn2)c(F)c1. The lowest BCUT2D eigenvalue weighted by molar-refractivity contribution is 0.535. The van der Waals surface area contributed by atoms with Crippen molar-refractivity contribution in [1.29, 1.82) is 0 Å². The molecule has 0 aliphatic heterocycles. The molecule has 0 unspecified atom stereocenters. The zero-order chi connectivity index (χ0) is 13.0. The predicted octanol–water partition coefficient (Wildman–Crippen LogP) is 2.63. The van der Waals surface area contributed by atoms with Gasteiger partial charge in [-0.05, 0) is 24.7 Å². The Bertz CT molecular complexity index is 511. The summed E-state index contributed by atoms with van der Waals surface area (Å²) in [6.45, 7) is 0.421. The maximum Gasteiger partial charge on any atom is 0.140 e. The van der Waals surface area contributed by atoms with Gasteiger partial charge in [0.1, 0.15) is 16.7 Å². The minimum atomic E-state index is -0.587. The molecule has 0 saturated heterocycles. The highest BCUT2D eigenvalue weighted by Crippen LogP contribution is 2.31. The number of hydrogen-bond donors (Lipinski definition) is 1. The Morgan fingerprint density at radius 3 is 2.50 bits per heavy atom. The third kappa shape index (κ3) is 3.02. The van der Waals surface area contributed by atoms with E-state index in [9.17, 15) is 8.78 Å². The van der Waals surface area contributed by atoms with Gasteiger partial charge in [-0.1, -0.05) is 11.8 Å². The van der Waals surface area contributed by atoms with Gasteiger partial charge >= 0.3 is 0 Å². The summed E-state index contributed by atoms with van der Waals surface area (Å²) in [4.78, 5) is 7.76. The fraction of sp³-hybridized carbons (Fsp3) is 0.167. The van der Waals surface area contributed by atoms with Gasteiger partial charge in [0, 0.05) is 18.9 Å². The van der Waals surface area contributed by atoms with E-state index in [1.165, 1.54) is 30.7 Å². The molecule has 94 valence electrons. The maximum atomic E-state index is 13.8. The molecule has 0 aliphatic rings. The summed E-state index contributed by atoms with van der Waals surface area (Å²) in [5, 5.41) is 3.30. The number of benzene rings is 1. The number of hydrogen-bond acceptors (Lipinski definition) is 4. The van der Waals surface area contributed by atoms with Gasteiger partial charge < -0.3 is 5.32 Å². The van der Waals surface area contributed by atoms with E-state index in [-0.39, 0.29) is 4.90 Å². The summed E-state index contributed by atoms with van der Waals surface area (Å²) in [5.74, 6) is -1.17. The zero-order valence-corrected chi connectivity index (χ0v) is 10.5. The molecule has 2 aromatic rings. The average Bonchev–Trinajstić information content (AvgIpc) is 2.36. The third-order valence-corrected chi connectivity index (χ3v) is 3.20. The molecule has 0 aliphatic carbocycles. The summed E-state index contributed by atoms with van der Waals surface area (Å²) >= 11 is 0.924. The first kappa shape index (κ1) is 12.9. The van der Waals surface area contributed by atoms with Gasteiger partial charge in [0.2, 0.25) is 0 Å². The Balaban J connectivity index is 2.28. The lowest BCUT2D eigenvalue weighted by atomic mass is 10.2. The molecular formula is C12H11F2N3S. The normalized spacial score (nSPS) is 10.6. The van der Waals surface area contributed by atoms with Crippen molar-refractivity contribution >= 4 is 11.8 Å². The topological polar surface area (TPSA) is 37.8 Å². The monoisotopic (exact) mass is 267 g/mol. The average molecular weight is 267 g/mol. The molecule has 0 fully saturated rings. The van der Waals surface area contributed by atoms with Gasteiger partial charge in [-0.2, -0.15) is 0 Å². The van der Waals surface area contributed by atoms with Crippen molar-refractivity contribution in [2.45, 2.75) is 16.5 Å². The number of nitrogens with one attached hydrogen (secondary N) is 1. The van der Waals surface area contributed by atoms with Crippen LogP contribution in [-0.4, -0.2) is 17.0 Å². The molecule has 0 saturated carbocycles. The highest BCUT2D eigenvalue weighted by atomic mass is 32.2. The number of aromatic nitrogens is 2. The highest BCUT2D eigenvalue weighted by Gasteiger charge is 2.13. The summed E-state index contributed by atoms with van der Waals surface area (Å²) in [6.07, 6.45) is 4.45. The maximum absolute atomic E-state index is 13.8. The lowest BCUT2D eigenvalue weighted by Crippen LogP contribution is -2.06. The van der Waals surface area contributed by atoms with Crippen LogP contribution >= 0.6 is 11.8 Å². The van der Waals surface area contributed by atoms with Gasteiger partial charge in [-0.3, -0.25) is 4.98 Å². The number of nitrogens with zero attached hydrogens (tertiary/aromatic N) is 2. The van der Waals surface area contributed by atoms with Crippen LogP contribution in [0.25, 0.3) is 0 Å². The molecule has 6 heteroatoms. The van der Waals surface area contributed by atoms with Gasteiger partial charge in [-0.15, -0.1) is 0 Å². The van der Waals surface area contributed by atoms with Crippen LogP contribution < -0.4 is 5.32 Å². The summed E-state index contributed by atoms with van der Waals surface area (Å²) < 4.78 is 27.6. The van der Waals surface area contributed by atoms with Crippen LogP contribution in [0.3, 0.4) is 0 Å². The minimum Gasteiger partial charge on any atom is -0.316 e. The van der Waals surface area contributed by atoms with E-state index in [4.69, 9.17) is 0 Å². The van der Waals surface area contributed by atoms with Crippen LogP contribution in [0.15, 0.2) is 40.6 Å². The fourth-order valence-electron chi connectivity index (χ4n) is 1.46. The van der Waals surface area contributed by atoms with E-state index < -0.39 is 11.6 Å². The molecule has 2 rings (SSSR count). The lowest BCUT2D eigenvalue weighted by Gasteiger charge is -2.07. The molecule has 0 radical (unpaired) electrons. The van der Waals surface area contributed by atoms with Crippen molar-refractivity contribution < 1.29 is 8.78 Å². The number of halogens is 2. The first-order valence-electron chi connectivity index (χ1n) is 5.27. The summed E-state index contributed by atoms with van der Waals surface area (Å²) in [6, 6.07) is 2.64. The molecule has 1 aromatic carbocycles. The molecule has 1 aromatic heterocycles. The van der Waals surface area contributed by atoms with Gasteiger partial charge in [0.25, 0.3) is 0 Å². The van der Waals surface area contributed by atoms with E-state index in [1.807, 2.05) is 0 Å². The van der Waals surface area contributed by atoms with Gasteiger partial charge in [0.05, 0.1) is 11.1 Å². The van der Waals surface area contributed by atoms with E-state index in [0.29, 0.717) is 17.1 Å². The van der Waals surface area contributed by atoms with Crippen molar-refractivity contribution in [3.8, 4) is 0 Å². The van der Waals surface area contributed by atoms with Crippen molar-refractivity contribution in [3.05, 3.63) is 47.9 Å². The second kappa shape index (κ2) is 5.88. The van der Waals surface area contributed by atoms with E-state index in [1.54, 1.807) is 7.05 Å². The second-order valence-electron chi connectivity index (χ2n) is 3.56. The van der Waals surface area contributed by atoms with Crippen LogP contribution in [0.5, 0.6) is 0 Å². The molecule has 3 nitrogen and oxygen atoms in total. The fourth-order valence-corrected chi connectivity index (χ4v) is 2.21. The summed E-state index contributed by atoms with van der Waals surface area (Å²) in [5.41, 5.74) is 0.566. The third-order valence-electron chi connectivity index (χ3n) is 2.19. The highest BCUT2D eigenvalue weighted by molar-refractivity contribution is 7.99. The second-order valence-corrected chi connectivity index (χ2v) is 4.60. The molecule has 0 amide bonds.